The van der Waals surface area contributed by atoms with Crippen LogP contribution in [-0.4, -0.2) is 66.8 Å². The molecule has 2 amide bonds. The van der Waals surface area contributed by atoms with Crippen LogP contribution in [0.3, 0.4) is 0 Å². The quantitative estimate of drug-likeness (QED) is 0.706. The largest absolute Gasteiger partial charge is 0.347 e. The summed E-state index contributed by atoms with van der Waals surface area (Å²) >= 11 is 0. The molecule has 0 N–H and O–H groups in total. The van der Waals surface area contributed by atoms with Crippen molar-refractivity contribution in [3.05, 3.63) is 0 Å². The van der Waals surface area contributed by atoms with Crippen molar-refractivity contribution < 1.29 is 19.1 Å². The van der Waals surface area contributed by atoms with E-state index in [9.17, 15) is 9.59 Å². The van der Waals surface area contributed by atoms with Crippen LogP contribution in [-0.2, 0) is 19.1 Å². The molecule has 118 valence electrons. The Balaban J connectivity index is 1.46. The van der Waals surface area contributed by atoms with Crippen molar-refractivity contribution in [3.63, 3.8) is 0 Å². The first-order chi connectivity index (χ1) is 10.2. The van der Waals surface area contributed by atoms with Crippen LogP contribution in [0.15, 0.2) is 0 Å². The second-order valence-corrected chi connectivity index (χ2v) is 6.11. The second-order valence-electron chi connectivity index (χ2n) is 6.11. The maximum absolute atomic E-state index is 12.3. The summed E-state index contributed by atoms with van der Waals surface area (Å²) in [6.07, 6.45) is 4.72. The molecule has 0 saturated carbocycles. The van der Waals surface area contributed by atoms with Gasteiger partial charge in [0.25, 0.3) is 0 Å². The highest BCUT2D eigenvalue weighted by Gasteiger charge is 2.41. The van der Waals surface area contributed by atoms with E-state index >= 15 is 0 Å². The Labute approximate surface area is 125 Å². The lowest BCUT2D eigenvalue weighted by Crippen LogP contribution is -2.48. The van der Waals surface area contributed by atoms with Gasteiger partial charge in [0.1, 0.15) is 6.42 Å². The van der Waals surface area contributed by atoms with E-state index in [1.54, 1.807) is 4.90 Å². The summed E-state index contributed by atoms with van der Waals surface area (Å²) < 4.78 is 11.3. The van der Waals surface area contributed by atoms with E-state index in [1.165, 1.54) is 6.42 Å². The summed E-state index contributed by atoms with van der Waals surface area (Å²) in [4.78, 5) is 28.0. The van der Waals surface area contributed by atoms with Gasteiger partial charge in [0.15, 0.2) is 5.79 Å². The highest BCUT2D eigenvalue weighted by molar-refractivity contribution is 5.97. The average molecular weight is 296 g/mol. The summed E-state index contributed by atoms with van der Waals surface area (Å²) in [5.74, 6) is -0.542. The molecule has 3 fully saturated rings. The Bertz CT molecular complexity index is 390. The molecule has 3 aliphatic rings. The lowest BCUT2D eigenvalue weighted by atomic mass is 10.0. The standard InChI is InChI=1S/C15H24N2O4/c18-13(16-6-2-1-3-7-16)12-14(19)17-8-4-15(5-9-17)20-10-11-21-15/h1-12H2. The van der Waals surface area contributed by atoms with Crippen molar-refractivity contribution in [2.75, 3.05) is 39.4 Å². The van der Waals surface area contributed by atoms with Crippen LogP contribution in [0, 0.1) is 0 Å². The summed E-state index contributed by atoms with van der Waals surface area (Å²) in [5.41, 5.74) is 0. The van der Waals surface area contributed by atoms with Crippen LogP contribution >= 0.6 is 0 Å². The Morgan fingerprint density at radius 1 is 0.810 bits per heavy atom. The smallest absolute Gasteiger partial charge is 0.232 e. The molecule has 3 rings (SSSR count). The van der Waals surface area contributed by atoms with Crippen molar-refractivity contribution in [1.82, 2.24) is 9.80 Å². The third-order valence-electron chi connectivity index (χ3n) is 4.70. The van der Waals surface area contributed by atoms with Gasteiger partial charge in [-0.05, 0) is 19.3 Å². The van der Waals surface area contributed by atoms with Gasteiger partial charge in [-0.1, -0.05) is 0 Å². The van der Waals surface area contributed by atoms with E-state index in [0.29, 0.717) is 39.1 Å². The lowest BCUT2D eigenvalue weighted by molar-refractivity contribution is -0.187. The van der Waals surface area contributed by atoms with Crippen LogP contribution < -0.4 is 0 Å². The molecule has 3 aliphatic heterocycles. The number of piperidine rings is 2. The monoisotopic (exact) mass is 296 g/mol. The number of carbonyl (C=O) groups is 2. The molecule has 3 saturated heterocycles. The van der Waals surface area contributed by atoms with Gasteiger partial charge in [-0.25, -0.2) is 0 Å². The van der Waals surface area contributed by atoms with Gasteiger partial charge < -0.3 is 19.3 Å². The lowest BCUT2D eigenvalue weighted by Gasteiger charge is -2.37. The summed E-state index contributed by atoms with van der Waals surface area (Å²) in [6, 6.07) is 0. The summed E-state index contributed by atoms with van der Waals surface area (Å²) in [7, 11) is 0. The molecule has 0 aromatic heterocycles. The third-order valence-corrected chi connectivity index (χ3v) is 4.70. The molecule has 6 nitrogen and oxygen atoms in total. The third kappa shape index (κ3) is 3.37. The molecule has 0 aromatic carbocycles. The number of carbonyl (C=O) groups excluding carboxylic acids is 2. The van der Waals surface area contributed by atoms with Crippen molar-refractivity contribution in [2.24, 2.45) is 0 Å². The minimum absolute atomic E-state index is 0.00865. The zero-order valence-corrected chi connectivity index (χ0v) is 12.5. The molecule has 0 unspecified atom stereocenters. The van der Waals surface area contributed by atoms with Gasteiger partial charge in [0.05, 0.1) is 13.2 Å². The van der Waals surface area contributed by atoms with E-state index in [-0.39, 0.29) is 18.2 Å². The summed E-state index contributed by atoms with van der Waals surface area (Å²) in [6.45, 7) is 4.12. The fourth-order valence-corrected chi connectivity index (χ4v) is 3.38. The highest BCUT2D eigenvalue weighted by Crippen LogP contribution is 2.31. The van der Waals surface area contributed by atoms with Gasteiger partial charge in [0.2, 0.25) is 11.8 Å². The number of likely N-dealkylation sites (tertiary alicyclic amines) is 2. The van der Waals surface area contributed by atoms with E-state index in [0.717, 1.165) is 25.9 Å². The zero-order chi connectivity index (χ0) is 14.7. The van der Waals surface area contributed by atoms with E-state index < -0.39 is 5.79 Å². The predicted molar refractivity (Wildman–Crippen MR) is 75.5 cm³/mol. The molecule has 0 atom stereocenters. The van der Waals surface area contributed by atoms with E-state index in [4.69, 9.17) is 9.47 Å². The predicted octanol–water partition coefficient (Wildman–Crippen LogP) is 0.754. The van der Waals surface area contributed by atoms with Gasteiger partial charge in [-0.3, -0.25) is 9.59 Å². The van der Waals surface area contributed by atoms with Crippen LogP contribution in [0.25, 0.3) is 0 Å². The fourth-order valence-electron chi connectivity index (χ4n) is 3.38. The number of amides is 2. The second kappa shape index (κ2) is 6.32. The molecule has 6 heteroatoms. The maximum Gasteiger partial charge on any atom is 0.232 e. The minimum atomic E-state index is -0.465. The minimum Gasteiger partial charge on any atom is -0.347 e. The summed E-state index contributed by atoms with van der Waals surface area (Å²) in [5, 5.41) is 0. The van der Waals surface area contributed by atoms with Gasteiger partial charge >= 0.3 is 0 Å². The van der Waals surface area contributed by atoms with Crippen molar-refractivity contribution in [2.45, 2.75) is 44.3 Å². The average Bonchev–Trinajstić information content (AvgIpc) is 2.97. The van der Waals surface area contributed by atoms with Gasteiger partial charge in [-0.15, -0.1) is 0 Å². The Hall–Kier alpha value is -1.14. The van der Waals surface area contributed by atoms with E-state index in [2.05, 4.69) is 0 Å². The van der Waals surface area contributed by atoms with Gasteiger partial charge in [-0.2, -0.15) is 0 Å². The van der Waals surface area contributed by atoms with Crippen LogP contribution in [0.5, 0.6) is 0 Å². The van der Waals surface area contributed by atoms with Crippen LogP contribution in [0.1, 0.15) is 38.5 Å². The SMILES string of the molecule is O=C(CC(=O)N1CCC2(CC1)OCCO2)N1CCCCC1. The normalized spacial score (nSPS) is 25.3. The molecule has 0 radical (unpaired) electrons. The molecule has 21 heavy (non-hydrogen) atoms. The van der Waals surface area contributed by atoms with Gasteiger partial charge in [0, 0.05) is 39.0 Å². The zero-order valence-electron chi connectivity index (χ0n) is 12.5. The van der Waals surface area contributed by atoms with E-state index in [1.807, 2.05) is 4.90 Å². The molecule has 3 heterocycles. The van der Waals surface area contributed by atoms with Crippen LogP contribution in [0.4, 0.5) is 0 Å². The Kier molecular flexibility index (Phi) is 4.45. The molecule has 0 aliphatic carbocycles. The molecular formula is C15H24N2O4. The Morgan fingerprint density at radius 3 is 1.90 bits per heavy atom. The molecule has 0 bridgehead atoms. The fraction of sp³-hybridized carbons (Fsp3) is 0.867. The Morgan fingerprint density at radius 2 is 1.33 bits per heavy atom. The van der Waals surface area contributed by atoms with Crippen molar-refractivity contribution in [3.8, 4) is 0 Å². The van der Waals surface area contributed by atoms with Crippen LogP contribution in [0.2, 0.25) is 0 Å². The number of hydrogen-bond acceptors (Lipinski definition) is 4. The number of nitrogens with zero attached hydrogens (tertiary/aromatic N) is 2. The number of ether oxygens (including phenoxy) is 2. The first-order valence-corrected chi connectivity index (χ1v) is 8.02. The highest BCUT2D eigenvalue weighted by atomic mass is 16.7. The molecular weight excluding hydrogens is 272 g/mol. The maximum atomic E-state index is 12.3. The van der Waals surface area contributed by atoms with Crippen molar-refractivity contribution >= 4 is 11.8 Å². The topological polar surface area (TPSA) is 59.1 Å². The molecule has 1 spiro atoms. The van der Waals surface area contributed by atoms with Crippen molar-refractivity contribution in [1.29, 1.82) is 0 Å². The first kappa shape index (κ1) is 14.8. The molecule has 0 aromatic rings. The number of hydrogen-bond donors (Lipinski definition) is 0. The first-order valence-electron chi connectivity index (χ1n) is 8.02. The number of rotatable bonds is 2.